The van der Waals surface area contributed by atoms with Gasteiger partial charge in [-0.15, -0.1) is 0 Å². The van der Waals surface area contributed by atoms with E-state index < -0.39 is 23.8 Å². The molecule has 1 unspecified atom stereocenters. The smallest absolute Gasteiger partial charge is 0.327 e. The van der Waals surface area contributed by atoms with Crippen molar-refractivity contribution < 1.29 is 19.5 Å². The molecule has 6 nitrogen and oxygen atoms in total. The van der Waals surface area contributed by atoms with Crippen LogP contribution in [0.1, 0.15) is 33.7 Å². The Labute approximate surface area is 102 Å². The molecule has 0 bridgehead atoms. The zero-order chi connectivity index (χ0) is 12.9. The first-order valence-corrected chi connectivity index (χ1v) is 5.67. The molecule has 2 heterocycles. The minimum absolute atomic E-state index is 0.0504. The van der Waals surface area contributed by atoms with Crippen LogP contribution in [0.5, 0.6) is 0 Å². The first-order chi connectivity index (χ1) is 8.61. The van der Waals surface area contributed by atoms with Gasteiger partial charge in [-0.25, -0.2) is 4.79 Å². The van der Waals surface area contributed by atoms with Crippen molar-refractivity contribution in [3.8, 4) is 0 Å². The van der Waals surface area contributed by atoms with E-state index in [4.69, 9.17) is 0 Å². The average Bonchev–Trinajstić information content (AvgIpc) is 3.14. The number of aliphatic carboxylic acids is 1. The summed E-state index contributed by atoms with van der Waals surface area (Å²) in [6.07, 6.45) is 2.88. The summed E-state index contributed by atoms with van der Waals surface area (Å²) in [6, 6.07) is 1.99. The van der Waals surface area contributed by atoms with Gasteiger partial charge in [0, 0.05) is 6.20 Å². The van der Waals surface area contributed by atoms with Crippen molar-refractivity contribution in [3.63, 3.8) is 0 Å². The highest BCUT2D eigenvalue weighted by Crippen LogP contribution is 2.38. The van der Waals surface area contributed by atoms with Gasteiger partial charge in [0.25, 0.3) is 11.8 Å². The van der Waals surface area contributed by atoms with Crippen molar-refractivity contribution in [3.05, 3.63) is 29.6 Å². The van der Waals surface area contributed by atoms with Crippen LogP contribution in [0.15, 0.2) is 18.3 Å². The van der Waals surface area contributed by atoms with Gasteiger partial charge in [-0.3, -0.25) is 19.5 Å². The number of imide groups is 1. The molecule has 1 saturated carbocycles. The second-order valence-electron chi connectivity index (χ2n) is 4.50. The Bertz CT molecular complexity index is 530. The van der Waals surface area contributed by atoms with E-state index in [1.165, 1.54) is 12.3 Å². The number of hydrogen-bond donors (Lipinski definition) is 1. The Morgan fingerprint density at radius 3 is 2.67 bits per heavy atom. The number of amides is 2. The van der Waals surface area contributed by atoms with E-state index in [1.54, 1.807) is 6.07 Å². The molecule has 3 rings (SSSR count). The predicted molar refractivity (Wildman–Crippen MR) is 58.9 cm³/mol. The van der Waals surface area contributed by atoms with Crippen molar-refractivity contribution in [1.29, 1.82) is 0 Å². The summed E-state index contributed by atoms with van der Waals surface area (Å²) in [4.78, 5) is 40.1. The number of aromatic nitrogens is 1. The number of carboxylic acids is 1. The number of rotatable bonds is 3. The molecule has 92 valence electrons. The summed E-state index contributed by atoms with van der Waals surface area (Å²) in [5, 5.41) is 9.19. The van der Waals surface area contributed by atoms with Crippen LogP contribution in [-0.2, 0) is 4.79 Å². The summed E-state index contributed by atoms with van der Waals surface area (Å²) in [7, 11) is 0. The van der Waals surface area contributed by atoms with E-state index in [0.717, 1.165) is 17.7 Å². The SMILES string of the molecule is O=C(O)C(C1CC1)N1C(=O)c2cccnc2C1=O. The zero-order valence-electron chi connectivity index (χ0n) is 9.37. The number of fused-ring (bicyclic) bond motifs is 1. The maximum absolute atomic E-state index is 12.1. The number of carbonyl (C=O) groups excluding carboxylic acids is 2. The van der Waals surface area contributed by atoms with Crippen molar-refractivity contribution in [2.24, 2.45) is 5.92 Å². The van der Waals surface area contributed by atoms with Gasteiger partial charge in [-0.05, 0) is 30.9 Å². The molecule has 1 fully saturated rings. The Kier molecular flexibility index (Phi) is 2.19. The molecule has 1 atom stereocenters. The van der Waals surface area contributed by atoms with Crippen LogP contribution in [0.25, 0.3) is 0 Å². The van der Waals surface area contributed by atoms with Crippen molar-refractivity contribution >= 4 is 17.8 Å². The first kappa shape index (κ1) is 10.9. The Balaban J connectivity index is 2.03. The normalized spacial score (nSPS) is 19.9. The lowest BCUT2D eigenvalue weighted by Crippen LogP contribution is -2.46. The molecule has 2 aliphatic rings. The largest absolute Gasteiger partial charge is 0.480 e. The van der Waals surface area contributed by atoms with E-state index >= 15 is 0 Å². The highest BCUT2D eigenvalue weighted by atomic mass is 16.4. The van der Waals surface area contributed by atoms with Crippen LogP contribution in [0.4, 0.5) is 0 Å². The third kappa shape index (κ3) is 1.42. The molecule has 1 aliphatic carbocycles. The maximum atomic E-state index is 12.1. The van der Waals surface area contributed by atoms with Crippen LogP contribution >= 0.6 is 0 Å². The summed E-state index contributed by atoms with van der Waals surface area (Å²) < 4.78 is 0. The number of nitrogens with zero attached hydrogens (tertiary/aromatic N) is 2. The van der Waals surface area contributed by atoms with Gasteiger partial charge in [-0.2, -0.15) is 0 Å². The van der Waals surface area contributed by atoms with E-state index in [0.29, 0.717) is 0 Å². The van der Waals surface area contributed by atoms with Crippen LogP contribution in [0, 0.1) is 5.92 Å². The van der Waals surface area contributed by atoms with E-state index in [9.17, 15) is 19.5 Å². The lowest BCUT2D eigenvalue weighted by Gasteiger charge is -2.21. The van der Waals surface area contributed by atoms with Gasteiger partial charge in [-0.1, -0.05) is 0 Å². The van der Waals surface area contributed by atoms with Gasteiger partial charge in [0.2, 0.25) is 0 Å². The highest BCUT2D eigenvalue weighted by Gasteiger charge is 2.49. The second-order valence-corrected chi connectivity index (χ2v) is 4.50. The van der Waals surface area contributed by atoms with Crippen molar-refractivity contribution in [2.75, 3.05) is 0 Å². The molecular formula is C12H10N2O4. The summed E-state index contributed by atoms with van der Waals surface area (Å²) in [5.74, 6) is -2.41. The minimum atomic E-state index is -1.13. The first-order valence-electron chi connectivity index (χ1n) is 5.67. The van der Waals surface area contributed by atoms with Crippen LogP contribution < -0.4 is 0 Å². The van der Waals surface area contributed by atoms with E-state index in [-0.39, 0.29) is 17.2 Å². The summed E-state index contributed by atoms with van der Waals surface area (Å²) in [5.41, 5.74) is 0.240. The quantitative estimate of drug-likeness (QED) is 0.786. The summed E-state index contributed by atoms with van der Waals surface area (Å²) in [6.45, 7) is 0. The number of pyridine rings is 1. The number of carboxylic acid groups (broad SMARTS) is 1. The fourth-order valence-corrected chi connectivity index (χ4v) is 2.27. The Morgan fingerprint density at radius 2 is 2.11 bits per heavy atom. The van der Waals surface area contributed by atoms with E-state index in [1.807, 2.05) is 0 Å². The Morgan fingerprint density at radius 1 is 1.39 bits per heavy atom. The van der Waals surface area contributed by atoms with Gasteiger partial charge in [0.05, 0.1) is 5.56 Å². The molecule has 0 saturated heterocycles. The van der Waals surface area contributed by atoms with Gasteiger partial charge < -0.3 is 5.11 Å². The minimum Gasteiger partial charge on any atom is -0.480 e. The molecule has 0 radical (unpaired) electrons. The predicted octanol–water partition coefficient (Wildman–Crippen LogP) is 0.541. The molecular weight excluding hydrogens is 236 g/mol. The van der Waals surface area contributed by atoms with Crippen molar-refractivity contribution in [2.45, 2.75) is 18.9 Å². The molecule has 6 heteroatoms. The molecule has 2 amide bonds. The molecule has 1 aliphatic heterocycles. The van der Waals surface area contributed by atoms with Crippen molar-refractivity contribution in [1.82, 2.24) is 9.88 Å². The summed E-state index contributed by atoms with van der Waals surface area (Å²) >= 11 is 0. The highest BCUT2D eigenvalue weighted by molar-refractivity contribution is 6.21. The topological polar surface area (TPSA) is 87.6 Å². The average molecular weight is 246 g/mol. The monoisotopic (exact) mass is 246 g/mol. The van der Waals surface area contributed by atoms with Gasteiger partial charge in [0.1, 0.15) is 11.7 Å². The fraction of sp³-hybridized carbons (Fsp3) is 0.333. The molecule has 1 aromatic rings. The molecule has 1 N–H and O–H groups in total. The lowest BCUT2D eigenvalue weighted by molar-refractivity contribution is -0.142. The molecule has 1 aromatic heterocycles. The molecule has 0 spiro atoms. The number of hydrogen-bond acceptors (Lipinski definition) is 4. The van der Waals surface area contributed by atoms with Crippen LogP contribution in [-0.4, -0.2) is 38.8 Å². The number of carbonyl (C=O) groups is 3. The van der Waals surface area contributed by atoms with Crippen LogP contribution in [0.2, 0.25) is 0 Å². The third-order valence-electron chi connectivity index (χ3n) is 3.28. The Hall–Kier alpha value is -2.24. The fourth-order valence-electron chi connectivity index (χ4n) is 2.27. The zero-order valence-corrected chi connectivity index (χ0v) is 9.37. The third-order valence-corrected chi connectivity index (χ3v) is 3.28. The molecule has 0 aromatic carbocycles. The van der Waals surface area contributed by atoms with E-state index in [2.05, 4.69) is 4.98 Å². The van der Waals surface area contributed by atoms with Gasteiger partial charge in [0.15, 0.2) is 0 Å². The van der Waals surface area contributed by atoms with Crippen LogP contribution in [0.3, 0.4) is 0 Å². The van der Waals surface area contributed by atoms with Gasteiger partial charge >= 0.3 is 5.97 Å². The maximum Gasteiger partial charge on any atom is 0.327 e. The lowest BCUT2D eigenvalue weighted by atomic mass is 10.1. The second kappa shape index (κ2) is 3.63. The standard InChI is InChI=1S/C12H10N2O4/c15-10-7-2-1-5-13-8(7)11(16)14(10)9(12(17)18)6-3-4-6/h1-2,5-6,9H,3-4H2,(H,17,18). The molecule has 18 heavy (non-hydrogen) atoms.